The molecule has 1 amide bonds. The van der Waals surface area contributed by atoms with Gasteiger partial charge in [-0.2, -0.15) is 0 Å². The van der Waals surface area contributed by atoms with Gasteiger partial charge in [-0.1, -0.05) is 18.2 Å². The zero-order chi connectivity index (χ0) is 14.5. The van der Waals surface area contributed by atoms with Gasteiger partial charge in [0.2, 0.25) is 5.95 Å². The van der Waals surface area contributed by atoms with Crippen LogP contribution < -0.4 is 11.1 Å². The van der Waals surface area contributed by atoms with Gasteiger partial charge in [-0.15, -0.1) is 0 Å². The number of benzene rings is 1. The highest BCUT2D eigenvalue weighted by atomic mass is 16.1. The summed E-state index contributed by atoms with van der Waals surface area (Å²) in [5.41, 5.74) is 6.66. The molecule has 1 heterocycles. The molecule has 0 aliphatic rings. The molecule has 6 heteroatoms. The van der Waals surface area contributed by atoms with Crippen LogP contribution in [0.15, 0.2) is 24.3 Å². The lowest BCUT2D eigenvalue weighted by atomic mass is 10.2. The van der Waals surface area contributed by atoms with Crippen LogP contribution >= 0.6 is 0 Å². The number of nitrogen functional groups attached to an aromatic ring is 1. The lowest BCUT2D eigenvalue weighted by Gasteiger charge is -2.10. The smallest absolute Gasteiger partial charge is 0.270 e. The Kier molecular flexibility index (Phi) is 4.47. The highest BCUT2D eigenvalue weighted by Gasteiger charge is 2.13. The van der Waals surface area contributed by atoms with E-state index in [-0.39, 0.29) is 11.9 Å². The summed E-state index contributed by atoms with van der Waals surface area (Å²) in [5, 5.41) is 3.58. The highest BCUT2D eigenvalue weighted by Crippen LogP contribution is 2.16. The minimum atomic E-state index is -0.214. The van der Waals surface area contributed by atoms with Gasteiger partial charge in [-0.25, -0.2) is 9.97 Å². The Balaban J connectivity index is 2.13. The molecule has 0 aliphatic heterocycles. The average molecular weight is 273 g/mol. The number of fused-ring (bicyclic) bond motifs is 1. The number of nitrogens with one attached hydrogen (secondary N) is 1. The zero-order valence-corrected chi connectivity index (χ0v) is 11.8. The van der Waals surface area contributed by atoms with Gasteiger partial charge in [0, 0.05) is 11.9 Å². The molecule has 2 aromatic rings. The van der Waals surface area contributed by atoms with Crippen LogP contribution in [0.4, 0.5) is 5.95 Å². The van der Waals surface area contributed by atoms with Crippen LogP contribution in [0.1, 0.15) is 16.9 Å². The first kappa shape index (κ1) is 14.2. The number of nitrogens with zero attached hydrogens (tertiary/aromatic N) is 3. The number of carbonyl (C=O) groups excluding carboxylic acids is 1. The Bertz CT molecular complexity index is 612. The second-order valence-electron chi connectivity index (χ2n) is 4.86. The van der Waals surface area contributed by atoms with Gasteiger partial charge in [0.05, 0.1) is 5.52 Å². The molecule has 3 N–H and O–H groups in total. The van der Waals surface area contributed by atoms with Crippen molar-refractivity contribution >= 4 is 22.8 Å². The molecular formula is C14H19N5O. The van der Waals surface area contributed by atoms with Gasteiger partial charge >= 0.3 is 0 Å². The van der Waals surface area contributed by atoms with Crippen molar-refractivity contribution in [1.29, 1.82) is 0 Å². The number of anilines is 1. The number of hydrogen-bond donors (Lipinski definition) is 2. The molecule has 106 valence electrons. The lowest BCUT2D eigenvalue weighted by Crippen LogP contribution is -2.28. The topological polar surface area (TPSA) is 84.1 Å². The van der Waals surface area contributed by atoms with Crippen LogP contribution in [0.25, 0.3) is 10.9 Å². The summed E-state index contributed by atoms with van der Waals surface area (Å²) < 4.78 is 0. The summed E-state index contributed by atoms with van der Waals surface area (Å²) in [4.78, 5) is 22.4. The van der Waals surface area contributed by atoms with Crippen molar-refractivity contribution < 1.29 is 4.79 Å². The van der Waals surface area contributed by atoms with E-state index in [2.05, 4.69) is 20.2 Å². The number of hydrogen-bond acceptors (Lipinski definition) is 5. The van der Waals surface area contributed by atoms with E-state index in [4.69, 9.17) is 5.73 Å². The van der Waals surface area contributed by atoms with Gasteiger partial charge in [0.15, 0.2) is 0 Å². The number of amides is 1. The van der Waals surface area contributed by atoms with Crippen LogP contribution in [0.5, 0.6) is 0 Å². The molecule has 20 heavy (non-hydrogen) atoms. The monoisotopic (exact) mass is 273 g/mol. The fourth-order valence-corrected chi connectivity index (χ4v) is 1.95. The van der Waals surface area contributed by atoms with Crippen molar-refractivity contribution in [1.82, 2.24) is 20.2 Å². The van der Waals surface area contributed by atoms with E-state index in [1.807, 2.05) is 38.4 Å². The van der Waals surface area contributed by atoms with Crippen molar-refractivity contribution in [2.75, 3.05) is 32.9 Å². The molecule has 0 saturated heterocycles. The molecule has 2 rings (SSSR count). The molecule has 0 unspecified atom stereocenters. The molecule has 0 bridgehead atoms. The Hall–Kier alpha value is -2.21. The second-order valence-corrected chi connectivity index (χ2v) is 4.86. The third-order valence-corrected chi connectivity index (χ3v) is 2.90. The number of carbonyl (C=O) groups is 1. The average Bonchev–Trinajstić information content (AvgIpc) is 2.42. The Morgan fingerprint density at radius 3 is 2.80 bits per heavy atom. The summed E-state index contributed by atoms with van der Waals surface area (Å²) in [6.07, 6.45) is 0.886. The third kappa shape index (κ3) is 3.42. The molecule has 0 saturated carbocycles. The van der Waals surface area contributed by atoms with Crippen LogP contribution in [0.3, 0.4) is 0 Å². The lowest BCUT2D eigenvalue weighted by molar-refractivity contribution is 0.0949. The van der Waals surface area contributed by atoms with Crippen LogP contribution in [0, 0.1) is 0 Å². The first-order chi connectivity index (χ1) is 9.58. The minimum absolute atomic E-state index is 0.113. The molecule has 1 aromatic carbocycles. The van der Waals surface area contributed by atoms with Gasteiger partial charge in [0.25, 0.3) is 5.91 Å². The number of rotatable bonds is 5. The molecular weight excluding hydrogens is 254 g/mol. The summed E-state index contributed by atoms with van der Waals surface area (Å²) in [6, 6.07) is 7.35. The zero-order valence-electron chi connectivity index (χ0n) is 11.8. The molecule has 0 atom stereocenters. The van der Waals surface area contributed by atoms with Gasteiger partial charge in [-0.3, -0.25) is 4.79 Å². The number of aromatic nitrogens is 2. The summed E-state index contributed by atoms with van der Waals surface area (Å²) in [5.74, 6) is -0.101. The minimum Gasteiger partial charge on any atom is -0.368 e. The van der Waals surface area contributed by atoms with Crippen LogP contribution in [-0.4, -0.2) is 48.0 Å². The standard InChI is InChI=1S/C14H19N5O/c1-19(2)9-5-8-16-13(20)12-10-6-3-4-7-11(10)17-14(15)18-12/h3-4,6-7H,5,8-9H2,1-2H3,(H,16,20)(H2,15,17,18). The predicted octanol–water partition coefficient (Wildman–Crippen LogP) is 0.894. The van der Waals surface area contributed by atoms with Gasteiger partial charge in [-0.05, 0) is 33.1 Å². The van der Waals surface area contributed by atoms with Crippen molar-refractivity contribution in [3.05, 3.63) is 30.0 Å². The highest BCUT2D eigenvalue weighted by molar-refractivity contribution is 6.04. The largest absolute Gasteiger partial charge is 0.368 e. The quantitative estimate of drug-likeness (QED) is 0.790. The summed E-state index contributed by atoms with van der Waals surface area (Å²) in [6.45, 7) is 1.53. The molecule has 0 spiro atoms. The normalized spacial score (nSPS) is 10.9. The van der Waals surface area contributed by atoms with Crippen molar-refractivity contribution in [3.63, 3.8) is 0 Å². The van der Waals surface area contributed by atoms with Gasteiger partial charge in [0.1, 0.15) is 5.69 Å². The molecule has 0 radical (unpaired) electrons. The Morgan fingerprint density at radius 2 is 2.05 bits per heavy atom. The fraction of sp³-hybridized carbons (Fsp3) is 0.357. The Morgan fingerprint density at radius 1 is 1.30 bits per heavy atom. The van der Waals surface area contributed by atoms with Crippen LogP contribution in [-0.2, 0) is 0 Å². The number of para-hydroxylation sites is 1. The van der Waals surface area contributed by atoms with E-state index in [1.165, 1.54) is 0 Å². The van der Waals surface area contributed by atoms with E-state index in [0.29, 0.717) is 23.1 Å². The number of nitrogens with two attached hydrogens (primary N) is 1. The van der Waals surface area contributed by atoms with E-state index in [0.717, 1.165) is 13.0 Å². The van der Waals surface area contributed by atoms with Gasteiger partial charge < -0.3 is 16.0 Å². The third-order valence-electron chi connectivity index (χ3n) is 2.90. The van der Waals surface area contributed by atoms with E-state index >= 15 is 0 Å². The van der Waals surface area contributed by atoms with Crippen molar-refractivity contribution in [3.8, 4) is 0 Å². The SMILES string of the molecule is CN(C)CCCNC(=O)c1nc(N)nc2ccccc12. The predicted molar refractivity (Wildman–Crippen MR) is 79.5 cm³/mol. The summed E-state index contributed by atoms with van der Waals surface area (Å²) in [7, 11) is 4.00. The van der Waals surface area contributed by atoms with Crippen LogP contribution in [0.2, 0.25) is 0 Å². The molecule has 0 aliphatic carbocycles. The van der Waals surface area contributed by atoms with Crippen molar-refractivity contribution in [2.45, 2.75) is 6.42 Å². The fourth-order valence-electron chi connectivity index (χ4n) is 1.95. The maximum Gasteiger partial charge on any atom is 0.270 e. The van der Waals surface area contributed by atoms with E-state index in [1.54, 1.807) is 0 Å². The Labute approximate surface area is 118 Å². The second kappa shape index (κ2) is 6.29. The molecule has 6 nitrogen and oxygen atoms in total. The first-order valence-corrected chi connectivity index (χ1v) is 6.53. The molecule has 0 fully saturated rings. The first-order valence-electron chi connectivity index (χ1n) is 6.53. The van der Waals surface area contributed by atoms with Crippen molar-refractivity contribution in [2.24, 2.45) is 0 Å². The summed E-state index contributed by atoms with van der Waals surface area (Å²) >= 11 is 0. The van der Waals surface area contributed by atoms with E-state index < -0.39 is 0 Å². The van der Waals surface area contributed by atoms with E-state index in [9.17, 15) is 4.79 Å². The maximum atomic E-state index is 12.2. The molecule has 1 aromatic heterocycles. The maximum absolute atomic E-state index is 12.2.